The molecule has 35 heavy (non-hydrogen) atoms. The van der Waals surface area contributed by atoms with Gasteiger partial charge in [-0.2, -0.15) is 0 Å². The molecule has 0 fully saturated rings. The molecule has 1 aliphatic rings. The summed E-state index contributed by atoms with van der Waals surface area (Å²) in [6.45, 7) is 3.70. The van der Waals surface area contributed by atoms with Gasteiger partial charge < -0.3 is 18.8 Å². The predicted molar refractivity (Wildman–Crippen MR) is 125 cm³/mol. The van der Waals surface area contributed by atoms with E-state index in [1.54, 1.807) is 44.3 Å². The maximum atomic E-state index is 13.9. The molecular weight excluding hydrogens is 455 g/mol. The van der Waals surface area contributed by atoms with Crippen LogP contribution in [0.5, 0.6) is 11.5 Å². The summed E-state index contributed by atoms with van der Waals surface area (Å²) in [6, 6.07) is 12.3. The number of hydrogen-bond acceptors (Lipinski definition) is 6. The van der Waals surface area contributed by atoms with Gasteiger partial charge in [-0.1, -0.05) is 6.07 Å². The average molecular weight is 480 g/mol. The third kappa shape index (κ3) is 5.18. The van der Waals surface area contributed by atoms with Crippen molar-refractivity contribution in [3.8, 4) is 11.5 Å². The number of ether oxygens (including phenoxy) is 2. The Morgan fingerprint density at radius 1 is 1.14 bits per heavy atom. The summed E-state index contributed by atoms with van der Waals surface area (Å²) in [6.07, 6.45) is 0. The van der Waals surface area contributed by atoms with E-state index in [-0.39, 0.29) is 54.4 Å². The van der Waals surface area contributed by atoms with Crippen molar-refractivity contribution in [2.75, 3.05) is 31.7 Å². The fraction of sp³-hybridized carbons (Fsp3) is 0.269. The number of carbonyl (C=O) groups excluding carboxylic acids is 3. The molecule has 0 aliphatic carbocycles. The molecule has 0 saturated carbocycles. The number of aryl methyl sites for hydroxylation is 1. The fourth-order valence-corrected chi connectivity index (χ4v) is 3.56. The van der Waals surface area contributed by atoms with Crippen molar-refractivity contribution in [3.05, 3.63) is 77.0 Å². The smallest absolute Gasteiger partial charge is 0.289 e. The Hall–Kier alpha value is -4.14. The van der Waals surface area contributed by atoms with Gasteiger partial charge in [0.15, 0.2) is 36.3 Å². The Bertz CT molecular complexity index is 1280. The van der Waals surface area contributed by atoms with Gasteiger partial charge in [0, 0.05) is 19.2 Å². The van der Waals surface area contributed by atoms with Gasteiger partial charge in [0.25, 0.3) is 11.8 Å². The number of Topliss-reactive ketones (excluding diaryl/α,β-unsaturated/α-hetero) is 1. The zero-order valence-electron chi connectivity index (χ0n) is 19.7. The first-order valence-electron chi connectivity index (χ1n) is 11.1. The van der Waals surface area contributed by atoms with E-state index in [1.807, 2.05) is 6.92 Å². The number of rotatable bonds is 8. The summed E-state index contributed by atoms with van der Waals surface area (Å²) < 4.78 is 30.5. The molecule has 1 aliphatic heterocycles. The molecule has 182 valence electrons. The third-order valence-corrected chi connectivity index (χ3v) is 5.68. The van der Waals surface area contributed by atoms with Crippen molar-refractivity contribution in [1.82, 2.24) is 4.90 Å². The number of benzene rings is 2. The molecule has 9 heteroatoms. The van der Waals surface area contributed by atoms with Gasteiger partial charge in [0.05, 0.1) is 12.2 Å². The largest absolute Gasteiger partial charge is 0.482 e. The Morgan fingerprint density at radius 2 is 1.94 bits per heavy atom. The summed E-state index contributed by atoms with van der Waals surface area (Å²) in [4.78, 5) is 40.7. The number of halogens is 1. The first-order valence-corrected chi connectivity index (χ1v) is 11.1. The van der Waals surface area contributed by atoms with Crippen molar-refractivity contribution in [2.45, 2.75) is 20.4 Å². The quantitative estimate of drug-likeness (QED) is 0.453. The SMILES string of the molecule is CCN(C)C(=O)c1ccc(CN2C(=O)COc3ccc(C(=O)COc4cc(C)ccc4F)cc32)o1. The summed E-state index contributed by atoms with van der Waals surface area (Å²) in [5.41, 5.74) is 1.47. The number of fused-ring (bicyclic) bond motifs is 1. The standard InChI is InChI=1S/C26H25FN2O6/c1-4-28(3)26(32)23-10-7-18(35-23)13-29-20-12-17(6-9-22(20)34-15-25(29)31)21(30)14-33-24-11-16(2)5-8-19(24)27/h5-12H,4,13-15H2,1-3H3. The number of hydrogen-bond donors (Lipinski definition) is 0. The lowest BCUT2D eigenvalue weighted by atomic mass is 10.1. The number of ketones is 1. The molecule has 0 N–H and O–H groups in total. The molecule has 0 bridgehead atoms. The van der Waals surface area contributed by atoms with Gasteiger partial charge in [-0.15, -0.1) is 0 Å². The summed E-state index contributed by atoms with van der Waals surface area (Å²) in [7, 11) is 1.67. The molecule has 0 saturated heterocycles. The van der Waals surface area contributed by atoms with Crippen LogP contribution in [0.4, 0.5) is 10.1 Å². The Morgan fingerprint density at radius 3 is 2.71 bits per heavy atom. The molecule has 8 nitrogen and oxygen atoms in total. The molecular formula is C26H25FN2O6. The predicted octanol–water partition coefficient (Wildman–Crippen LogP) is 4.01. The average Bonchev–Trinajstić information content (AvgIpc) is 3.33. The summed E-state index contributed by atoms with van der Waals surface area (Å²) in [5.74, 6) is -0.515. The van der Waals surface area contributed by atoms with E-state index in [1.165, 1.54) is 28.0 Å². The second kappa shape index (κ2) is 10.0. The first kappa shape index (κ1) is 24.0. The van der Waals surface area contributed by atoms with E-state index >= 15 is 0 Å². The highest BCUT2D eigenvalue weighted by molar-refractivity contribution is 6.02. The number of amides is 2. The highest BCUT2D eigenvalue weighted by atomic mass is 19.1. The topological polar surface area (TPSA) is 89.3 Å². The van der Waals surface area contributed by atoms with Crippen LogP contribution >= 0.6 is 0 Å². The molecule has 2 aromatic carbocycles. The number of carbonyl (C=O) groups is 3. The van der Waals surface area contributed by atoms with Gasteiger partial charge in [-0.05, 0) is 61.9 Å². The molecule has 2 heterocycles. The number of nitrogens with zero attached hydrogens (tertiary/aromatic N) is 2. The molecule has 3 aromatic rings. The van der Waals surface area contributed by atoms with Gasteiger partial charge in [-0.25, -0.2) is 4.39 Å². The minimum absolute atomic E-state index is 0.00617. The van der Waals surface area contributed by atoms with E-state index in [9.17, 15) is 18.8 Å². The molecule has 0 radical (unpaired) electrons. The van der Waals surface area contributed by atoms with Crippen LogP contribution in [-0.2, 0) is 11.3 Å². The molecule has 0 spiro atoms. The van der Waals surface area contributed by atoms with Gasteiger partial charge >= 0.3 is 0 Å². The molecule has 0 atom stereocenters. The van der Waals surface area contributed by atoms with Crippen molar-refractivity contribution < 1.29 is 32.7 Å². The zero-order chi connectivity index (χ0) is 25.1. The normalized spacial score (nSPS) is 12.7. The van der Waals surface area contributed by atoms with Gasteiger partial charge in [0.1, 0.15) is 11.5 Å². The maximum Gasteiger partial charge on any atom is 0.289 e. The van der Waals surface area contributed by atoms with Crippen molar-refractivity contribution in [2.24, 2.45) is 0 Å². The number of furan rings is 1. The molecule has 2 amide bonds. The second-order valence-electron chi connectivity index (χ2n) is 8.18. The highest BCUT2D eigenvalue weighted by Gasteiger charge is 2.28. The lowest BCUT2D eigenvalue weighted by Gasteiger charge is -2.29. The lowest BCUT2D eigenvalue weighted by Crippen LogP contribution is -2.38. The van der Waals surface area contributed by atoms with Crippen molar-refractivity contribution in [3.63, 3.8) is 0 Å². The van der Waals surface area contributed by atoms with Crippen molar-refractivity contribution in [1.29, 1.82) is 0 Å². The van der Waals surface area contributed by atoms with Crippen LogP contribution in [0, 0.1) is 12.7 Å². The monoisotopic (exact) mass is 480 g/mol. The lowest BCUT2D eigenvalue weighted by molar-refractivity contribution is -0.121. The van der Waals surface area contributed by atoms with E-state index in [0.29, 0.717) is 23.7 Å². The molecule has 0 unspecified atom stereocenters. The van der Waals surface area contributed by atoms with Gasteiger partial charge in [-0.3, -0.25) is 19.3 Å². The van der Waals surface area contributed by atoms with Crippen molar-refractivity contribution >= 4 is 23.3 Å². The minimum atomic E-state index is -0.555. The highest BCUT2D eigenvalue weighted by Crippen LogP contribution is 2.34. The van der Waals surface area contributed by atoms with Crippen LogP contribution in [0.3, 0.4) is 0 Å². The van der Waals surface area contributed by atoms with E-state index in [2.05, 4.69) is 0 Å². The minimum Gasteiger partial charge on any atom is -0.482 e. The molecule has 4 rings (SSSR count). The van der Waals surface area contributed by atoms with Crippen LogP contribution in [0.2, 0.25) is 0 Å². The summed E-state index contributed by atoms with van der Waals surface area (Å²) >= 11 is 0. The zero-order valence-corrected chi connectivity index (χ0v) is 19.7. The van der Waals surface area contributed by atoms with Crippen LogP contribution in [0.15, 0.2) is 52.9 Å². The fourth-order valence-electron chi connectivity index (χ4n) is 3.56. The third-order valence-electron chi connectivity index (χ3n) is 5.68. The summed E-state index contributed by atoms with van der Waals surface area (Å²) in [5, 5.41) is 0. The maximum absolute atomic E-state index is 13.9. The van der Waals surface area contributed by atoms with Crippen LogP contribution in [0.25, 0.3) is 0 Å². The Balaban J connectivity index is 1.52. The van der Waals surface area contributed by atoms with E-state index in [0.717, 1.165) is 5.56 Å². The van der Waals surface area contributed by atoms with E-state index in [4.69, 9.17) is 13.9 Å². The van der Waals surface area contributed by atoms with E-state index < -0.39 is 5.82 Å². The Kier molecular flexibility index (Phi) is 6.86. The molecule has 1 aromatic heterocycles. The van der Waals surface area contributed by atoms with Crippen LogP contribution in [-0.4, -0.2) is 49.3 Å². The second-order valence-corrected chi connectivity index (χ2v) is 8.18. The first-order chi connectivity index (χ1) is 16.8. The van der Waals surface area contributed by atoms with Gasteiger partial charge in [0.2, 0.25) is 0 Å². The Labute approximate surface area is 201 Å². The van der Waals surface area contributed by atoms with Crippen LogP contribution in [0.1, 0.15) is 39.2 Å². The van der Waals surface area contributed by atoms with Crippen LogP contribution < -0.4 is 14.4 Å². The number of anilines is 1.